The lowest BCUT2D eigenvalue weighted by molar-refractivity contribution is 0.600. The van der Waals surface area contributed by atoms with E-state index in [1.807, 2.05) is 10.9 Å². The van der Waals surface area contributed by atoms with E-state index in [0.717, 1.165) is 30.9 Å². The highest BCUT2D eigenvalue weighted by Crippen LogP contribution is 2.20. The van der Waals surface area contributed by atoms with E-state index >= 15 is 0 Å². The SMILES string of the molecule is CCCn1cc(CNc2cc(S(C)(=O)=O)ccc2F)cn1. The van der Waals surface area contributed by atoms with Gasteiger partial charge in [0.1, 0.15) is 5.82 Å². The number of rotatable bonds is 6. The lowest BCUT2D eigenvalue weighted by Gasteiger charge is -2.08. The van der Waals surface area contributed by atoms with Gasteiger partial charge >= 0.3 is 0 Å². The molecule has 21 heavy (non-hydrogen) atoms. The number of anilines is 1. The molecule has 0 radical (unpaired) electrons. The smallest absolute Gasteiger partial charge is 0.175 e. The van der Waals surface area contributed by atoms with Gasteiger partial charge in [0.25, 0.3) is 0 Å². The fourth-order valence-electron chi connectivity index (χ4n) is 1.92. The Balaban J connectivity index is 2.12. The van der Waals surface area contributed by atoms with E-state index in [-0.39, 0.29) is 10.6 Å². The van der Waals surface area contributed by atoms with Crippen molar-refractivity contribution in [2.75, 3.05) is 11.6 Å². The van der Waals surface area contributed by atoms with Crippen LogP contribution in [0.4, 0.5) is 10.1 Å². The largest absolute Gasteiger partial charge is 0.378 e. The van der Waals surface area contributed by atoms with Gasteiger partial charge in [0.05, 0.1) is 16.8 Å². The van der Waals surface area contributed by atoms with Crippen LogP contribution in [0, 0.1) is 5.82 Å². The van der Waals surface area contributed by atoms with Crippen LogP contribution in [0.3, 0.4) is 0 Å². The van der Waals surface area contributed by atoms with Crippen molar-refractivity contribution in [1.29, 1.82) is 0 Å². The first-order valence-corrected chi connectivity index (χ1v) is 8.54. The Kier molecular flexibility index (Phi) is 4.62. The molecule has 0 bridgehead atoms. The fourth-order valence-corrected chi connectivity index (χ4v) is 2.56. The van der Waals surface area contributed by atoms with Crippen LogP contribution in [0.15, 0.2) is 35.5 Å². The van der Waals surface area contributed by atoms with Crippen LogP contribution in [0.25, 0.3) is 0 Å². The minimum Gasteiger partial charge on any atom is -0.378 e. The zero-order valence-electron chi connectivity index (χ0n) is 12.0. The van der Waals surface area contributed by atoms with Gasteiger partial charge in [-0.1, -0.05) is 6.92 Å². The van der Waals surface area contributed by atoms with E-state index in [1.165, 1.54) is 12.1 Å². The summed E-state index contributed by atoms with van der Waals surface area (Å²) in [6.07, 6.45) is 5.67. The number of nitrogens with zero attached hydrogens (tertiary/aromatic N) is 2. The maximum atomic E-state index is 13.7. The summed E-state index contributed by atoms with van der Waals surface area (Å²) in [5.41, 5.74) is 1.08. The third-order valence-electron chi connectivity index (χ3n) is 2.99. The molecular weight excluding hydrogens is 293 g/mol. The van der Waals surface area contributed by atoms with Gasteiger partial charge in [0, 0.05) is 31.1 Å². The van der Waals surface area contributed by atoms with Crippen molar-refractivity contribution in [2.45, 2.75) is 31.3 Å². The Bertz CT molecular complexity index is 726. The van der Waals surface area contributed by atoms with E-state index in [0.29, 0.717) is 6.54 Å². The van der Waals surface area contributed by atoms with Gasteiger partial charge in [-0.05, 0) is 24.6 Å². The molecule has 5 nitrogen and oxygen atoms in total. The molecule has 0 aliphatic heterocycles. The number of halogens is 1. The second-order valence-corrected chi connectivity index (χ2v) is 6.89. The third kappa shape index (κ3) is 4.04. The molecule has 0 saturated carbocycles. The van der Waals surface area contributed by atoms with Crippen molar-refractivity contribution in [1.82, 2.24) is 9.78 Å². The number of sulfone groups is 1. The minimum atomic E-state index is -3.35. The lowest BCUT2D eigenvalue weighted by atomic mass is 10.3. The average molecular weight is 311 g/mol. The van der Waals surface area contributed by atoms with Crippen molar-refractivity contribution in [3.63, 3.8) is 0 Å². The second kappa shape index (κ2) is 6.26. The Hall–Kier alpha value is -1.89. The van der Waals surface area contributed by atoms with E-state index in [1.54, 1.807) is 6.20 Å². The molecule has 1 aromatic heterocycles. The average Bonchev–Trinajstić information content (AvgIpc) is 2.84. The number of hydrogen-bond donors (Lipinski definition) is 1. The minimum absolute atomic E-state index is 0.0908. The lowest BCUT2D eigenvalue weighted by Crippen LogP contribution is -2.04. The molecule has 2 rings (SSSR count). The summed E-state index contributed by atoms with van der Waals surface area (Å²) < 4.78 is 38.5. The predicted octanol–water partition coefficient (Wildman–Crippen LogP) is 2.45. The summed E-state index contributed by atoms with van der Waals surface area (Å²) in [7, 11) is -3.35. The molecule has 0 spiro atoms. The molecule has 1 N–H and O–H groups in total. The monoisotopic (exact) mass is 311 g/mol. The van der Waals surface area contributed by atoms with Gasteiger partial charge in [-0.25, -0.2) is 12.8 Å². The molecule has 2 aromatic rings. The summed E-state index contributed by atoms with van der Waals surface area (Å²) in [5, 5.41) is 7.09. The van der Waals surface area contributed by atoms with Crippen LogP contribution in [-0.4, -0.2) is 24.5 Å². The molecule has 0 unspecified atom stereocenters. The first-order chi connectivity index (χ1) is 9.90. The first-order valence-electron chi connectivity index (χ1n) is 6.65. The van der Waals surface area contributed by atoms with Crippen LogP contribution in [0.1, 0.15) is 18.9 Å². The number of nitrogens with one attached hydrogen (secondary N) is 1. The van der Waals surface area contributed by atoms with Crippen molar-refractivity contribution in [2.24, 2.45) is 0 Å². The van der Waals surface area contributed by atoms with Crippen LogP contribution in [-0.2, 0) is 22.9 Å². The Morgan fingerprint density at radius 2 is 2.14 bits per heavy atom. The molecule has 0 aliphatic carbocycles. The highest BCUT2D eigenvalue weighted by atomic mass is 32.2. The Morgan fingerprint density at radius 3 is 2.81 bits per heavy atom. The maximum absolute atomic E-state index is 13.7. The molecule has 0 saturated heterocycles. The maximum Gasteiger partial charge on any atom is 0.175 e. The molecule has 0 atom stereocenters. The quantitative estimate of drug-likeness (QED) is 0.832. The first kappa shape index (κ1) is 15.5. The van der Waals surface area contributed by atoms with Crippen molar-refractivity contribution in [3.8, 4) is 0 Å². The molecular formula is C14H18FN3O2S. The second-order valence-electron chi connectivity index (χ2n) is 4.88. The van der Waals surface area contributed by atoms with Gasteiger partial charge in [-0.3, -0.25) is 4.68 Å². The summed E-state index contributed by atoms with van der Waals surface area (Å²) in [6, 6.07) is 3.72. The number of benzene rings is 1. The number of aromatic nitrogens is 2. The van der Waals surface area contributed by atoms with Gasteiger partial charge < -0.3 is 5.32 Å². The zero-order chi connectivity index (χ0) is 15.5. The molecule has 114 valence electrons. The van der Waals surface area contributed by atoms with Crippen molar-refractivity contribution in [3.05, 3.63) is 42.0 Å². The third-order valence-corrected chi connectivity index (χ3v) is 4.10. The summed E-state index contributed by atoms with van der Waals surface area (Å²) in [4.78, 5) is 0.0908. The van der Waals surface area contributed by atoms with Crippen LogP contribution in [0.2, 0.25) is 0 Å². The van der Waals surface area contributed by atoms with Gasteiger partial charge in [-0.2, -0.15) is 5.10 Å². The van der Waals surface area contributed by atoms with Gasteiger partial charge in [0.2, 0.25) is 0 Å². The Labute approximate surface area is 123 Å². The Morgan fingerprint density at radius 1 is 1.38 bits per heavy atom. The van der Waals surface area contributed by atoms with Gasteiger partial charge in [-0.15, -0.1) is 0 Å². The molecule has 7 heteroatoms. The molecule has 1 aromatic carbocycles. The topological polar surface area (TPSA) is 64.0 Å². The van der Waals surface area contributed by atoms with E-state index in [9.17, 15) is 12.8 Å². The van der Waals surface area contributed by atoms with Gasteiger partial charge in [0.15, 0.2) is 9.84 Å². The highest BCUT2D eigenvalue weighted by Gasteiger charge is 2.11. The summed E-state index contributed by atoms with van der Waals surface area (Å²) >= 11 is 0. The van der Waals surface area contributed by atoms with Crippen molar-refractivity contribution >= 4 is 15.5 Å². The molecule has 1 heterocycles. The highest BCUT2D eigenvalue weighted by molar-refractivity contribution is 7.90. The normalized spacial score (nSPS) is 11.6. The van der Waals surface area contributed by atoms with Crippen LogP contribution < -0.4 is 5.32 Å². The number of hydrogen-bond acceptors (Lipinski definition) is 4. The van der Waals surface area contributed by atoms with E-state index < -0.39 is 15.7 Å². The van der Waals surface area contributed by atoms with E-state index in [4.69, 9.17) is 0 Å². The molecule has 0 aliphatic rings. The molecule has 0 fully saturated rings. The number of aryl methyl sites for hydroxylation is 1. The predicted molar refractivity (Wildman–Crippen MR) is 79.4 cm³/mol. The fraction of sp³-hybridized carbons (Fsp3) is 0.357. The summed E-state index contributed by atoms with van der Waals surface area (Å²) in [5.74, 6) is -0.483. The molecule has 0 amide bonds. The van der Waals surface area contributed by atoms with Crippen molar-refractivity contribution < 1.29 is 12.8 Å². The van der Waals surface area contributed by atoms with Crippen LogP contribution in [0.5, 0.6) is 0 Å². The summed E-state index contributed by atoms with van der Waals surface area (Å²) in [6.45, 7) is 3.28. The zero-order valence-corrected chi connectivity index (χ0v) is 12.8. The van der Waals surface area contributed by atoms with E-state index in [2.05, 4.69) is 17.3 Å². The van der Waals surface area contributed by atoms with Crippen LogP contribution >= 0.6 is 0 Å². The standard InChI is InChI=1S/C14H18FN3O2S/c1-3-6-18-10-11(9-17-18)8-16-14-7-12(21(2,19)20)4-5-13(14)15/h4-5,7,9-10,16H,3,6,8H2,1-2H3.